The molecular weight excluding hydrogens is 332 g/mol. The van der Waals surface area contributed by atoms with Crippen molar-refractivity contribution >= 4 is 31.9 Å². The number of benzene rings is 1. The van der Waals surface area contributed by atoms with Gasteiger partial charge in [0, 0.05) is 14.7 Å². The standard InChI is InChI=1S/C13H16Br2O/c1-8-4-5-9(14)6-10(8)16-12-7-11(15)13(12,2)3/h4-6,11-12H,7H2,1-3H3. The number of aryl methyl sites for hydroxylation is 1. The van der Waals surface area contributed by atoms with Gasteiger partial charge >= 0.3 is 0 Å². The van der Waals surface area contributed by atoms with Gasteiger partial charge in [-0.1, -0.05) is 51.8 Å². The maximum absolute atomic E-state index is 6.09. The monoisotopic (exact) mass is 346 g/mol. The highest BCUT2D eigenvalue weighted by Crippen LogP contribution is 2.47. The fourth-order valence-electron chi connectivity index (χ4n) is 1.89. The van der Waals surface area contributed by atoms with E-state index in [0.717, 1.165) is 16.6 Å². The lowest BCUT2D eigenvalue weighted by molar-refractivity contribution is -0.00825. The van der Waals surface area contributed by atoms with Crippen LogP contribution in [-0.2, 0) is 0 Å². The van der Waals surface area contributed by atoms with Crippen molar-refractivity contribution < 1.29 is 4.74 Å². The van der Waals surface area contributed by atoms with Crippen LogP contribution < -0.4 is 4.74 Å². The molecular formula is C13H16Br2O. The van der Waals surface area contributed by atoms with E-state index < -0.39 is 0 Å². The van der Waals surface area contributed by atoms with Crippen molar-refractivity contribution in [2.24, 2.45) is 5.41 Å². The molecule has 0 N–H and O–H groups in total. The van der Waals surface area contributed by atoms with E-state index in [4.69, 9.17) is 4.74 Å². The maximum atomic E-state index is 6.09. The highest BCUT2D eigenvalue weighted by molar-refractivity contribution is 9.10. The van der Waals surface area contributed by atoms with Gasteiger partial charge in [-0.3, -0.25) is 0 Å². The second-order valence-corrected chi connectivity index (χ2v) is 7.06. The fourth-order valence-corrected chi connectivity index (χ4v) is 2.87. The Bertz CT molecular complexity index is 401. The van der Waals surface area contributed by atoms with Crippen LogP contribution in [-0.4, -0.2) is 10.9 Å². The highest BCUT2D eigenvalue weighted by atomic mass is 79.9. The number of alkyl halides is 1. The molecule has 2 unspecified atom stereocenters. The third-order valence-corrected chi connectivity index (χ3v) is 5.52. The van der Waals surface area contributed by atoms with Gasteiger partial charge in [0.25, 0.3) is 0 Å². The topological polar surface area (TPSA) is 9.23 Å². The molecule has 16 heavy (non-hydrogen) atoms. The fraction of sp³-hybridized carbons (Fsp3) is 0.538. The molecule has 0 heterocycles. The van der Waals surface area contributed by atoms with Crippen LogP contribution in [0, 0.1) is 12.3 Å². The molecule has 0 spiro atoms. The van der Waals surface area contributed by atoms with E-state index in [2.05, 4.69) is 58.7 Å². The zero-order valence-corrected chi connectivity index (χ0v) is 12.9. The van der Waals surface area contributed by atoms with Crippen LogP contribution in [0.2, 0.25) is 0 Å². The summed E-state index contributed by atoms with van der Waals surface area (Å²) in [6, 6.07) is 6.17. The first-order valence-corrected chi connectivity index (χ1v) is 7.19. The largest absolute Gasteiger partial charge is 0.489 e. The summed E-state index contributed by atoms with van der Waals surface area (Å²) in [4.78, 5) is 0.567. The van der Waals surface area contributed by atoms with Crippen LogP contribution in [0.5, 0.6) is 5.75 Å². The van der Waals surface area contributed by atoms with E-state index in [1.807, 2.05) is 12.1 Å². The van der Waals surface area contributed by atoms with Gasteiger partial charge in [-0.2, -0.15) is 0 Å². The number of halogens is 2. The van der Waals surface area contributed by atoms with Gasteiger partial charge in [0.15, 0.2) is 0 Å². The van der Waals surface area contributed by atoms with E-state index in [0.29, 0.717) is 10.9 Å². The number of rotatable bonds is 2. The summed E-state index contributed by atoms with van der Waals surface area (Å²) >= 11 is 7.16. The Labute approximate surface area is 114 Å². The minimum absolute atomic E-state index is 0.217. The van der Waals surface area contributed by atoms with E-state index >= 15 is 0 Å². The predicted octanol–water partition coefficient (Wildman–Crippen LogP) is 4.70. The van der Waals surface area contributed by atoms with E-state index in [9.17, 15) is 0 Å². The Morgan fingerprint density at radius 1 is 1.38 bits per heavy atom. The summed E-state index contributed by atoms with van der Waals surface area (Å²) in [7, 11) is 0. The molecule has 0 radical (unpaired) electrons. The lowest BCUT2D eigenvalue weighted by atomic mass is 9.69. The van der Waals surface area contributed by atoms with Crippen LogP contribution in [0.4, 0.5) is 0 Å². The number of hydrogen-bond donors (Lipinski definition) is 0. The third-order valence-electron chi connectivity index (χ3n) is 3.48. The van der Waals surface area contributed by atoms with Crippen molar-refractivity contribution in [3.05, 3.63) is 28.2 Å². The molecule has 0 aromatic heterocycles. The van der Waals surface area contributed by atoms with Gasteiger partial charge in [0.2, 0.25) is 0 Å². The Morgan fingerprint density at radius 2 is 2.06 bits per heavy atom. The van der Waals surface area contributed by atoms with Crippen LogP contribution in [0.1, 0.15) is 25.8 Å². The minimum Gasteiger partial charge on any atom is -0.489 e. The van der Waals surface area contributed by atoms with Crippen LogP contribution in [0.3, 0.4) is 0 Å². The quantitative estimate of drug-likeness (QED) is 0.704. The first-order chi connectivity index (χ1) is 7.41. The Kier molecular flexibility index (Phi) is 3.37. The summed E-state index contributed by atoms with van der Waals surface area (Å²) in [5, 5.41) is 0. The summed E-state index contributed by atoms with van der Waals surface area (Å²) < 4.78 is 7.16. The van der Waals surface area contributed by atoms with Crippen molar-refractivity contribution in [2.75, 3.05) is 0 Å². The summed E-state index contributed by atoms with van der Waals surface area (Å²) in [6.07, 6.45) is 1.39. The number of ether oxygens (including phenoxy) is 1. The van der Waals surface area contributed by atoms with Crippen molar-refractivity contribution in [1.82, 2.24) is 0 Å². The molecule has 2 rings (SSSR count). The second kappa shape index (κ2) is 4.34. The zero-order chi connectivity index (χ0) is 11.9. The molecule has 0 amide bonds. The minimum atomic E-state index is 0.217. The van der Waals surface area contributed by atoms with E-state index in [1.54, 1.807) is 0 Å². The molecule has 1 aromatic carbocycles. The molecule has 1 fully saturated rings. The lowest BCUT2D eigenvalue weighted by Crippen LogP contribution is -2.53. The molecule has 1 aromatic rings. The first-order valence-electron chi connectivity index (χ1n) is 5.48. The molecule has 1 aliphatic rings. The molecule has 0 aliphatic heterocycles. The smallest absolute Gasteiger partial charge is 0.123 e. The first kappa shape index (κ1) is 12.4. The molecule has 0 saturated heterocycles. The SMILES string of the molecule is Cc1ccc(Br)cc1OC1CC(Br)C1(C)C. The van der Waals surface area contributed by atoms with Gasteiger partial charge < -0.3 is 4.74 Å². The molecule has 88 valence electrons. The average molecular weight is 348 g/mol. The third kappa shape index (κ3) is 2.17. The molecule has 1 nitrogen and oxygen atoms in total. The summed E-state index contributed by atoms with van der Waals surface area (Å²) in [5.74, 6) is 0.992. The second-order valence-electron chi connectivity index (χ2n) is 5.04. The molecule has 1 saturated carbocycles. The van der Waals surface area contributed by atoms with Crippen molar-refractivity contribution in [3.63, 3.8) is 0 Å². The van der Waals surface area contributed by atoms with Gasteiger partial charge in [0.1, 0.15) is 11.9 Å². The van der Waals surface area contributed by atoms with Crippen LogP contribution in [0.25, 0.3) is 0 Å². The summed E-state index contributed by atoms with van der Waals surface area (Å²) in [5.41, 5.74) is 1.41. The van der Waals surface area contributed by atoms with Crippen LogP contribution >= 0.6 is 31.9 Å². The van der Waals surface area contributed by atoms with Gasteiger partial charge in [-0.05, 0) is 31.0 Å². The molecule has 1 aliphatic carbocycles. The maximum Gasteiger partial charge on any atom is 0.123 e. The molecule has 3 heteroatoms. The van der Waals surface area contributed by atoms with Crippen molar-refractivity contribution in [2.45, 2.75) is 38.1 Å². The highest BCUT2D eigenvalue weighted by Gasteiger charge is 2.48. The number of hydrogen-bond acceptors (Lipinski definition) is 1. The van der Waals surface area contributed by atoms with E-state index in [-0.39, 0.29) is 5.41 Å². The lowest BCUT2D eigenvalue weighted by Gasteiger charge is -2.48. The Morgan fingerprint density at radius 3 is 2.62 bits per heavy atom. The normalized spacial score (nSPS) is 27.3. The zero-order valence-electron chi connectivity index (χ0n) is 9.76. The Hall–Kier alpha value is -0.0200. The Balaban J connectivity index is 2.13. The van der Waals surface area contributed by atoms with E-state index in [1.165, 1.54) is 5.56 Å². The van der Waals surface area contributed by atoms with Gasteiger partial charge in [0.05, 0.1) is 0 Å². The predicted molar refractivity (Wildman–Crippen MR) is 74.4 cm³/mol. The average Bonchev–Trinajstić information content (AvgIpc) is 2.23. The molecule has 0 bridgehead atoms. The van der Waals surface area contributed by atoms with Gasteiger partial charge in [-0.25, -0.2) is 0 Å². The van der Waals surface area contributed by atoms with Gasteiger partial charge in [-0.15, -0.1) is 0 Å². The van der Waals surface area contributed by atoms with Crippen LogP contribution in [0.15, 0.2) is 22.7 Å². The van der Waals surface area contributed by atoms with Crippen molar-refractivity contribution in [1.29, 1.82) is 0 Å². The van der Waals surface area contributed by atoms with Crippen molar-refractivity contribution in [3.8, 4) is 5.75 Å². The summed E-state index contributed by atoms with van der Waals surface area (Å²) in [6.45, 7) is 6.57. The molecule has 2 atom stereocenters.